The van der Waals surface area contributed by atoms with Crippen molar-refractivity contribution in [3.05, 3.63) is 88.9 Å². The molecule has 204 valence electrons. The van der Waals surface area contributed by atoms with Crippen LogP contribution in [0.5, 0.6) is 0 Å². The average molecular weight is 572 g/mol. The Balaban J connectivity index is 1.72. The van der Waals surface area contributed by atoms with Crippen LogP contribution in [0.3, 0.4) is 0 Å². The quantitative estimate of drug-likeness (QED) is 0.206. The van der Waals surface area contributed by atoms with E-state index >= 15 is 0 Å². The number of nitrogens with one attached hydrogen (secondary N) is 2. The minimum Gasteiger partial charge on any atom is -0.407 e. The summed E-state index contributed by atoms with van der Waals surface area (Å²) in [4.78, 5) is 13.2. The number of rotatable bonds is 10. The summed E-state index contributed by atoms with van der Waals surface area (Å²) in [5.74, 6) is -0.108. The zero-order chi connectivity index (χ0) is 28.0. The lowest BCUT2D eigenvalue weighted by atomic mass is 9.86. The molecule has 0 aliphatic heterocycles. The summed E-state index contributed by atoms with van der Waals surface area (Å²) >= 11 is 12.2. The molecular formula is C31H40Cl2N2O2Si. The molecule has 0 aliphatic carbocycles. The van der Waals surface area contributed by atoms with Crippen molar-refractivity contribution in [2.24, 2.45) is 5.41 Å². The molecule has 0 fully saturated rings. The van der Waals surface area contributed by atoms with E-state index in [1.165, 1.54) is 10.4 Å². The topological polar surface area (TPSA) is 50.4 Å². The second-order valence-corrected chi connectivity index (χ2v) is 16.9. The van der Waals surface area contributed by atoms with Crippen molar-refractivity contribution >= 4 is 53.5 Å². The van der Waals surface area contributed by atoms with Crippen molar-refractivity contribution in [2.75, 3.05) is 18.5 Å². The van der Waals surface area contributed by atoms with Gasteiger partial charge in [0.05, 0.1) is 16.1 Å². The van der Waals surface area contributed by atoms with E-state index in [0.717, 1.165) is 6.42 Å². The highest BCUT2D eigenvalue weighted by Crippen LogP contribution is 2.36. The highest BCUT2D eigenvalue weighted by atomic mass is 35.5. The molecule has 1 unspecified atom stereocenters. The van der Waals surface area contributed by atoms with Gasteiger partial charge in [-0.05, 0) is 52.0 Å². The third kappa shape index (κ3) is 7.28. The van der Waals surface area contributed by atoms with E-state index in [4.69, 9.17) is 27.6 Å². The number of hydrogen-bond acceptors (Lipinski definition) is 3. The Morgan fingerprint density at radius 3 is 1.87 bits per heavy atom. The molecule has 3 aromatic rings. The first-order valence-corrected chi connectivity index (χ1v) is 15.8. The summed E-state index contributed by atoms with van der Waals surface area (Å²) in [7, 11) is -2.58. The van der Waals surface area contributed by atoms with Gasteiger partial charge in [0.1, 0.15) is 0 Å². The van der Waals surface area contributed by atoms with Crippen LogP contribution in [-0.4, -0.2) is 33.4 Å². The molecule has 4 nitrogen and oxygen atoms in total. The highest BCUT2D eigenvalue weighted by Gasteiger charge is 2.50. The summed E-state index contributed by atoms with van der Waals surface area (Å²) in [6.45, 7) is 14.2. The van der Waals surface area contributed by atoms with Crippen LogP contribution < -0.4 is 21.0 Å². The van der Waals surface area contributed by atoms with Gasteiger partial charge in [0.2, 0.25) is 5.91 Å². The molecule has 2 N–H and O–H groups in total. The minimum atomic E-state index is -2.58. The molecule has 0 saturated carbocycles. The SMILES string of the molecule is CC(C)(C)C(NCCCO[Si](c1ccccc1)(c1ccccc1)C(C)(C)C)C(=O)Nc1ccc(Cl)c(Cl)c1. The van der Waals surface area contributed by atoms with E-state index in [1.54, 1.807) is 18.2 Å². The van der Waals surface area contributed by atoms with Gasteiger partial charge in [-0.2, -0.15) is 0 Å². The van der Waals surface area contributed by atoms with Crippen LogP contribution in [0.4, 0.5) is 5.69 Å². The van der Waals surface area contributed by atoms with E-state index in [9.17, 15) is 4.79 Å². The van der Waals surface area contributed by atoms with Crippen LogP contribution in [0.15, 0.2) is 78.9 Å². The molecule has 1 atom stereocenters. The van der Waals surface area contributed by atoms with Crippen molar-refractivity contribution < 1.29 is 9.22 Å². The average Bonchev–Trinajstić information content (AvgIpc) is 2.85. The van der Waals surface area contributed by atoms with Crippen LogP contribution in [0.25, 0.3) is 0 Å². The van der Waals surface area contributed by atoms with Gasteiger partial charge in [0.25, 0.3) is 8.32 Å². The van der Waals surface area contributed by atoms with E-state index in [0.29, 0.717) is 28.9 Å². The Morgan fingerprint density at radius 2 is 1.39 bits per heavy atom. The van der Waals surface area contributed by atoms with Crippen molar-refractivity contribution in [2.45, 2.75) is 59.0 Å². The standard InChI is InChI=1S/C31H40Cl2N2O2Si/c1-30(2,3)28(29(36)35-23-18-19-26(32)27(33)22-23)34-20-13-21-37-38(31(4,5)6,24-14-9-7-10-15-24)25-16-11-8-12-17-25/h7-12,14-19,22,28,34H,13,20-21H2,1-6H3,(H,35,36). The maximum atomic E-state index is 13.2. The molecule has 3 aromatic carbocycles. The molecule has 0 saturated heterocycles. The van der Waals surface area contributed by atoms with Gasteiger partial charge >= 0.3 is 0 Å². The third-order valence-corrected chi connectivity index (χ3v) is 12.5. The second kappa shape index (κ2) is 12.8. The minimum absolute atomic E-state index is 0.0726. The fourth-order valence-corrected chi connectivity index (χ4v) is 9.79. The van der Waals surface area contributed by atoms with E-state index in [-0.39, 0.29) is 16.4 Å². The number of carbonyl (C=O) groups excluding carboxylic acids is 1. The zero-order valence-corrected chi connectivity index (χ0v) is 25.8. The Bertz CT molecular complexity index is 1150. The van der Waals surface area contributed by atoms with Crippen LogP contribution >= 0.6 is 23.2 Å². The van der Waals surface area contributed by atoms with E-state index < -0.39 is 14.4 Å². The van der Waals surface area contributed by atoms with Crippen molar-refractivity contribution in [3.8, 4) is 0 Å². The van der Waals surface area contributed by atoms with Gasteiger partial charge in [0.15, 0.2) is 0 Å². The first kappa shape index (κ1) is 30.4. The number of benzene rings is 3. The number of carbonyl (C=O) groups is 1. The van der Waals surface area contributed by atoms with Gasteiger partial charge in [-0.25, -0.2) is 0 Å². The molecule has 0 aromatic heterocycles. The van der Waals surface area contributed by atoms with Gasteiger partial charge in [-0.15, -0.1) is 0 Å². The molecular weight excluding hydrogens is 531 g/mol. The maximum Gasteiger partial charge on any atom is 0.261 e. The van der Waals surface area contributed by atoms with Gasteiger partial charge in [0, 0.05) is 12.3 Å². The molecule has 1 amide bonds. The summed E-state index contributed by atoms with van der Waals surface area (Å²) in [6.07, 6.45) is 0.775. The van der Waals surface area contributed by atoms with Gasteiger partial charge < -0.3 is 15.1 Å². The molecule has 0 aliphatic rings. The smallest absolute Gasteiger partial charge is 0.261 e. The lowest BCUT2D eigenvalue weighted by molar-refractivity contribution is -0.120. The third-order valence-electron chi connectivity index (χ3n) is 6.72. The lowest BCUT2D eigenvalue weighted by Gasteiger charge is -2.43. The molecule has 0 heterocycles. The lowest BCUT2D eigenvalue weighted by Crippen LogP contribution is -2.66. The second-order valence-electron chi connectivity index (χ2n) is 11.7. The van der Waals surface area contributed by atoms with Gasteiger partial charge in [-0.3, -0.25) is 4.79 Å². The predicted octanol–water partition coefficient (Wildman–Crippen LogP) is 6.90. The molecule has 0 bridgehead atoms. The number of hydrogen-bond donors (Lipinski definition) is 2. The Labute approximate surface area is 239 Å². The highest BCUT2D eigenvalue weighted by molar-refractivity contribution is 6.99. The van der Waals surface area contributed by atoms with Crippen LogP contribution in [0.1, 0.15) is 48.0 Å². The summed E-state index contributed by atoms with van der Waals surface area (Å²) in [6, 6.07) is 26.0. The number of anilines is 1. The van der Waals surface area contributed by atoms with E-state index in [2.05, 4.69) is 113 Å². The fourth-order valence-electron chi connectivity index (χ4n) is 4.89. The van der Waals surface area contributed by atoms with Crippen LogP contribution in [0, 0.1) is 5.41 Å². The van der Waals surface area contributed by atoms with Crippen molar-refractivity contribution in [3.63, 3.8) is 0 Å². The van der Waals surface area contributed by atoms with Crippen molar-refractivity contribution in [1.82, 2.24) is 5.32 Å². The summed E-state index contributed by atoms with van der Waals surface area (Å²) in [5.41, 5.74) is 0.328. The largest absolute Gasteiger partial charge is 0.407 e. The maximum absolute atomic E-state index is 13.2. The fraction of sp³-hybridized carbons (Fsp3) is 0.387. The van der Waals surface area contributed by atoms with Crippen LogP contribution in [-0.2, 0) is 9.22 Å². The van der Waals surface area contributed by atoms with Crippen LogP contribution in [0.2, 0.25) is 15.1 Å². The first-order chi connectivity index (χ1) is 17.9. The molecule has 38 heavy (non-hydrogen) atoms. The van der Waals surface area contributed by atoms with Gasteiger partial charge in [-0.1, -0.05) is 125 Å². The monoisotopic (exact) mass is 570 g/mol. The molecule has 0 spiro atoms. The Kier molecular flexibility index (Phi) is 10.2. The zero-order valence-electron chi connectivity index (χ0n) is 23.3. The normalized spacial score (nSPS) is 13.3. The Morgan fingerprint density at radius 1 is 0.842 bits per heavy atom. The summed E-state index contributed by atoms with van der Waals surface area (Å²) in [5, 5.41) is 9.77. The molecule has 0 radical (unpaired) electrons. The molecule has 3 rings (SSSR count). The van der Waals surface area contributed by atoms with E-state index in [1.807, 2.05) is 0 Å². The number of amides is 1. The molecule has 7 heteroatoms. The predicted molar refractivity (Wildman–Crippen MR) is 165 cm³/mol. The van der Waals surface area contributed by atoms with Crippen molar-refractivity contribution in [1.29, 1.82) is 0 Å². The Hall–Kier alpha value is -2.15. The first-order valence-electron chi connectivity index (χ1n) is 13.1. The number of halogens is 2. The summed E-state index contributed by atoms with van der Waals surface area (Å²) < 4.78 is 6.99.